The molecule has 7 nitrogen and oxygen atoms in total. The summed E-state index contributed by atoms with van der Waals surface area (Å²) in [5, 5.41) is 0.134. The van der Waals surface area contributed by atoms with Gasteiger partial charge in [-0.05, 0) is 62.5 Å². The maximum absolute atomic E-state index is 13.0. The minimum absolute atomic E-state index is 0.134. The zero-order chi connectivity index (χ0) is 19.9. The molecular weight excluding hydrogens is 390 g/mol. The van der Waals surface area contributed by atoms with Crippen molar-refractivity contribution in [1.29, 1.82) is 0 Å². The van der Waals surface area contributed by atoms with Gasteiger partial charge in [-0.1, -0.05) is 0 Å². The Labute approximate surface area is 173 Å². The van der Waals surface area contributed by atoms with Gasteiger partial charge in [-0.25, -0.2) is 13.4 Å². The monoisotopic (exact) mass is 421 g/mol. The van der Waals surface area contributed by atoms with E-state index in [-0.39, 0.29) is 11.1 Å². The van der Waals surface area contributed by atoms with Gasteiger partial charge in [0, 0.05) is 32.2 Å². The summed E-state index contributed by atoms with van der Waals surface area (Å²) >= 11 is 0. The van der Waals surface area contributed by atoms with Crippen LogP contribution in [0.5, 0.6) is 5.75 Å². The molecule has 8 heteroatoms. The number of rotatable bonds is 5. The Bertz CT molecular complexity index is 811. The molecule has 1 aromatic rings. The number of ether oxygens (including phenoxy) is 2. The molecule has 2 aliphatic heterocycles. The lowest BCUT2D eigenvalue weighted by Crippen LogP contribution is -2.45. The lowest BCUT2D eigenvalue weighted by atomic mass is 9.77. The third-order valence-electron chi connectivity index (χ3n) is 7.16. The molecule has 2 saturated heterocycles. The van der Waals surface area contributed by atoms with Gasteiger partial charge in [-0.3, -0.25) is 4.90 Å². The topological polar surface area (TPSA) is 72.0 Å². The van der Waals surface area contributed by atoms with Crippen molar-refractivity contribution in [3.8, 4) is 5.75 Å². The molecule has 0 aromatic carbocycles. The second kappa shape index (κ2) is 7.80. The van der Waals surface area contributed by atoms with E-state index in [1.165, 1.54) is 19.3 Å². The van der Waals surface area contributed by atoms with E-state index in [0.717, 1.165) is 52.0 Å². The van der Waals surface area contributed by atoms with Crippen LogP contribution in [0.1, 0.15) is 44.9 Å². The van der Waals surface area contributed by atoms with E-state index in [1.54, 1.807) is 22.6 Å². The molecule has 5 rings (SSSR count). The van der Waals surface area contributed by atoms with Gasteiger partial charge in [0.1, 0.15) is 5.75 Å². The normalized spacial score (nSPS) is 28.6. The molecule has 4 fully saturated rings. The highest BCUT2D eigenvalue weighted by Crippen LogP contribution is 2.48. The van der Waals surface area contributed by atoms with Crippen molar-refractivity contribution in [3.63, 3.8) is 0 Å². The molecule has 1 atom stereocenters. The third-order valence-corrected chi connectivity index (χ3v) is 8.98. The second-order valence-electron chi connectivity index (χ2n) is 9.10. The number of morpholine rings is 1. The Hall–Kier alpha value is -1.22. The second-order valence-corrected chi connectivity index (χ2v) is 11.0. The molecular formula is C21H31N3O4S. The van der Waals surface area contributed by atoms with Crippen molar-refractivity contribution in [2.45, 2.75) is 62.1 Å². The summed E-state index contributed by atoms with van der Waals surface area (Å²) in [7, 11) is -3.53. The van der Waals surface area contributed by atoms with Crippen molar-refractivity contribution < 1.29 is 17.9 Å². The van der Waals surface area contributed by atoms with Crippen molar-refractivity contribution in [1.82, 2.24) is 14.2 Å². The summed E-state index contributed by atoms with van der Waals surface area (Å²) < 4.78 is 38.9. The number of piperidine rings is 1. The smallest absolute Gasteiger partial charge is 0.260 e. The van der Waals surface area contributed by atoms with Gasteiger partial charge in [0.05, 0.1) is 25.5 Å². The first kappa shape index (κ1) is 19.7. The number of nitrogens with zero attached hydrogens (tertiary/aromatic N) is 3. The van der Waals surface area contributed by atoms with Crippen LogP contribution in [0.3, 0.4) is 0 Å². The van der Waals surface area contributed by atoms with Crippen LogP contribution < -0.4 is 4.74 Å². The Balaban J connectivity index is 1.19. The molecule has 0 amide bonds. The minimum atomic E-state index is -3.53. The van der Waals surface area contributed by atoms with Crippen LogP contribution in [0.25, 0.3) is 0 Å². The molecule has 0 bridgehead atoms. The van der Waals surface area contributed by atoms with Gasteiger partial charge in [0.25, 0.3) is 10.0 Å². The summed E-state index contributed by atoms with van der Waals surface area (Å²) in [6, 6.07) is 3.96. The maximum atomic E-state index is 13.0. The van der Waals surface area contributed by atoms with Crippen LogP contribution in [0, 0.1) is 5.41 Å². The van der Waals surface area contributed by atoms with E-state index in [2.05, 4.69) is 9.88 Å². The molecule has 29 heavy (non-hydrogen) atoms. The van der Waals surface area contributed by atoms with E-state index in [4.69, 9.17) is 9.47 Å². The van der Waals surface area contributed by atoms with Gasteiger partial charge in [-0.15, -0.1) is 0 Å². The van der Waals surface area contributed by atoms with Crippen LogP contribution in [0.4, 0.5) is 0 Å². The molecule has 2 aliphatic carbocycles. The van der Waals surface area contributed by atoms with E-state index in [1.807, 2.05) is 0 Å². The average Bonchev–Trinajstić information content (AvgIpc) is 3.48. The number of sulfonamides is 1. The van der Waals surface area contributed by atoms with E-state index in [9.17, 15) is 8.42 Å². The van der Waals surface area contributed by atoms with Crippen LogP contribution in [0.15, 0.2) is 23.4 Å². The first-order chi connectivity index (χ1) is 14.0. The molecule has 4 aliphatic rings. The van der Waals surface area contributed by atoms with Gasteiger partial charge < -0.3 is 9.47 Å². The van der Waals surface area contributed by atoms with Gasteiger partial charge >= 0.3 is 0 Å². The fourth-order valence-corrected chi connectivity index (χ4v) is 6.54. The van der Waals surface area contributed by atoms with E-state index in [0.29, 0.717) is 30.3 Å². The molecule has 1 unspecified atom stereocenters. The fourth-order valence-electron chi connectivity index (χ4n) is 5.19. The number of aromatic nitrogens is 1. The molecule has 3 heterocycles. The summed E-state index contributed by atoms with van der Waals surface area (Å²) in [4.78, 5) is 6.78. The van der Waals surface area contributed by atoms with Crippen molar-refractivity contribution >= 4 is 10.0 Å². The summed E-state index contributed by atoms with van der Waals surface area (Å²) in [5.41, 5.74) is 0.310. The van der Waals surface area contributed by atoms with Crippen LogP contribution >= 0.6 is 0 Å². The van der Waals surface area contributed by atoms with Gasteiger partial charge in [0.2, 0.25) is 0 Å². The average molecular weight is 422 g/mol. The Morgan fingerprint density at radius 1 is 1.03 bits per heavy atom. The van der Waals surface area contributed by atoms with Crippen LogP contribution in [-0.2, 0) is 14.8 Å². The molecule has 0 radical (unpaired) electrons. The number of pyridine rings is 1. The zero-order valence-corrected chi connectivity index (χ0v) is 17.8. The highest BCUT2D eigenvalue weighted by atomic mass is 32.2. The molecule has 0 N–H and O–H groups in total. The van der Waals surface area contributed by atoms with Crippen molar-refractivity contribution in [2.75, 3.05) is 39.4 Å². The largest absolute Gasteiger partial charge is 0.489 e. The summed E-state index contributed by atoms with van der Waals surface area (Å²) in [5.74, 6) is 0.657. The maximum Gasteiger partial charge on any atom is 0.260 e. The van der Waals surface area contributed by atoms with E-state index < -0.39 is 10.0 Å². The van der Waals surface area contributed by atoms with Gasteiger partial charge in [-0.2, -0.15) is 4.31 Å². The quantitative estimate of drug-likeness (QED) is 0.726. The summed E-state index contributed by atoms with van der Waals surface area (Å²) in [6.07, 6.45) is 9.53. The third kappa shape index (κ3) is 4.17. The minimum Gasteiger partial charge on any atom is -0.489 e. The SMILES string of the molecule is O=S(=O)(c1ccc(OC2CC2)cn1)N1CCC2(CCC(N3CCOCC3)C2)CC1. The Kier molecular flexibility index (Phi) is 5.30. The lowest BCUT2D eigenvalue weighted by Gasteiger charge is -2.40. The Morgan fingerprint density at radius 2 is 1.79 bits per heavy atom. The summed E-state index contributed by atoms with van der Waals surface area (Å²) in [6.45, 7) is 4.95. The highest BCUT2D eigenvalue weighted by molar-refractivity contribution is 7.89. The number of hydrogen-bond acceptors (Lipinski definition) is 6. The predicted molar refractivity (Wildman–Crippen MR) is 108 cm³/mol. The Morgan fingerprint density at radius 3 is 2.45 bits per heavy atom. The lowest BCUT2D eigenvalue weighted by molar-refractivity contribution is 0.0137. The number of hydrogen-bond donors (Lipinski definition) is 0. The molecule has 1 spiro atoms. The standard InChI is InChI=1S/C21H31N3O4S/c25-29(26,20-4-3-19(16-22-20)28-18-1-2-18)24-9-7-21(8-10-24)6-5-17(15-21)23-11-13-27-14-12-23/h3-4,16-18H,1-2,5-15H2. The fraction of sp³-hybridized carbons (Fsp3) is 0.762. The first-order valence-corrected chi connectivity index (χ1v) is 12.4. The van der Waals surface area contributed by atoms with Crippen LogP contribution in [0.2, 0.25) is 0 Å². The van der Waals surface area contributed by atoms with Crippen LogP contribution in [-0.4, -0.2) is 74.1 Å². The highest BCUT2D eigenvalue weighted by Gasteiger charge is 2.45. The predicted octanol–water partition coefficient (Wildman–Crippen LogP) is 2.28. The van der Waals surface area contributed by atoms with Gasteiger partial charge in [0.15, 0.2) is 5.03 Å². The zero-order valence-electron chi connectivity index (χ0n) is 17.0. The molecule has 2 saturated carbocycles. The molecule has 160 valence electrons. The van der Waals surface area contributed by atoms with Crippen molar-refractivity contribution in [2.24, 2.45) is 5.41 Å². The van der Waals surface area contributed by atoms with Crippen molar-refractivity contribution in [3.05, 3.63) is 18.3 Å². The van der Waals surface area contributed by atoms with E-state index >= 15 is 0 Å². The first-order valence-electron chi connectivity index (χ1n) is 11.0. The molecule has 1 aromatic heterocycles.